The highest BCUT2D eigenvalue weighted by Crippen LogP contribution is 2.20. The molecule has 1 aliphatic heterocycles. The number of nitrogens with zero attached hydrogens (tertiary/aromatic N) is 2. The minimum Gasteiger partial charge on any atom is -0.368 e. The predicted molar refractivity (Wildman–Crippen MR) is 107 cm³/mol. The van der Waals surface area contributed by atoms with Gasteiger partial charge in [-0.25, -0.2) is 9.18 Å². The Kier molecular flexibility index (Phi) is 6.71. The quantitative estimate of drug-likeness (QED) is 0.805. The van der Waals surface area contributed by atoms with E-state index < -0.39 is 0 Å². The third kappa shape index (κ3) is 5.60. The van der Waals surface area contributed by atoms with E-state index in [9.17, 15) is 14.0 Å². The molecule has 1 heterocycles. The van der Waals surface area contributed by atoms with Crippen molar-refractivity contribution in [1.29, 1.82) is 0 Å². The van der Waals surface area contributed by atoms with E-state index in [0.29, 0.717) is 31.2 Å². The van der Waals surface area contributed by atoms with E-state index in [2.05, 4.69) is 15.5 Å². The van der Waals surface area contributed by atoms with E-state index in [1.807, 2.05) is 24.3 Å². The minimum absolute atomic E-state index is 0.103. The van der Waals surface area contributed by atoms with Gasteiger partial charge in [-0.15, -0.1) is 0 Å². The first-order valence-electron chi connectivity index (χ1n) is 9.06. The molecule has 8 heteroatoms. The lowest BCUT2D eigenvalue weighted by Crippen LogP contribution is -2.53. The van der Waals surface area contributed by atoms with Gasteiger partial charge in [0.1, 0.15) is 5.82 Å². The maximum Gasteiger partial charge on any atom is 0.317 e. The minimum atomic E-state index is -0.321. The van der Waals surface area contributed by atoms with Crippen LogP contribution in [0.5, 0.6) is 0 Å². The molecule has 2 aromatic carbocycles. The summed E-state index contributed by atoms with van der Waals surface area (Å²) in [5.41, 5.74) is 1.82. The molecule has 0 atom stereocenters. The zero-order valence-corrected chi connectivity index (χ0v) is 16.1. The zero-order chi connectivity index (χ0) is 19.9. The average molecular weight is 405 g/mol. The Morgan fingerprint density at radius 3 is 2.39 bits per heavy atom. The fraction of sp³-hybridized carbons (Fsp3) is 0.300. The molecule has 0 radical (unpaired) electrons. The molecule has 0 saturated carbocycles. The molecular weight excluding hydrogens is 383 g/mol. The fourth-order valence-corrected chi connectivity index (χ4v) is 3.16. The largest absolute Gasteiger partial charge is 0.368 e. The van der Waals surface area contributed by atoms with E-state index in [1.165, 1.54) is 12.1 Å². The highest BCUT2D eigenvalue weighted by atomic mass is 35.5. The maximum absolute atomic E-state index is 12.9. The van der Waals surface area contributed by atoms with Gasteiger partial charge >= 0.3 is 6.03 Å². The van der Waals surface area contributed by atoms with Gasteiger partial charge in [-0.1, -0.05) is 29.8 Å². The molecule has 2 N–H and O–H groups in total. The number of rotatable bonds is 5. The summed E-state index contributed by atoms with van der Waals surface area (Å²) >= 11 is 6.03. The highest BCUT2D eigenvalue weighted by Gasteiger charge is 2.21. The standard InChI is InChI=1S/C20H22ClFN4O2/c21-16-2-1-3-18(12-16)25-8-10-26(11-9-25)20(28)24-14-19(27)23-13-15-4-6-17(22)7-5-15/h1-7,12H,8-11,13-14H2,(H,23,27)(H,24,28). The SMILES string of the molecule is O=C(CNC(=O)N1CCN(c2cccc(Cl)c2)CC1)NCc1ccc(F)cc1. The van der Waals surface area contributed by atoms with Gasteiger partial charge in [0.05, 0.1) is 6.54 Å². The third-order valence-electron chi connectivity index (χ3n) is 4.54. The van der Waals surface area contributed by atoms with E-state index in [0.717, 1.165) is 11.3 Å². The molecule has 1 fully saturated rings. The molecule has 148 valence electrons. The number of urea groups is 1. The van der Waals surface area contributed by atoms with E-state index in [1.54, 1.807) is 17.0 Å². The monoisotopic (exact) mass is 404 g/mol. The van der Waals surface area contributed by atoms with Gasteiger partial charge in [0, 0.05) is 43.4 Å². The van der Waals surface area contributed by atoms with Crippen LogP contribution in [0.4, 0.5) is 14.9 Å². The number of carbonyl (C=O) groups excluding carboxylic acids is 2. The number of benzene rings is 2. The number of amides is 3. The maximum atomic E-state index is 12.9. The van der Waals surface area contributed by atoms with Crippen molar-refractivity contribution >= 4 is 29.2 Å². The molecular formula is C20H22ClFN4O2. The number of piperazine rings is 1. The first kappa shape index (κ1) is 19.9. The summed E-state index contributed by atoms with van der Waals surface area (Å²) in [7, 11) is 0. The van der Waals surface area contributed by atoms with Gasteiger partial charge in [0.2, 0.25) is 5.91 Å². The van der Waals surface area contributed by atoms with Crippen LogP contribution in [0.25, 0.3) is 0 Å². The van der Waals surface area contributed by atoms with Crippen molar-refractivity contribution in [2.24, 2.45) is 0 Å². The molecule has 0 aromatic heterocycles. The van der Waals surface area contributed by atoms with Gasteiger partial charge in [0.15, 0.2) is 0 Å². The number of hydrogen-bond donors (Lipinski definition) is 2. The molecule has 3 rings (SSSR count). The normalized spacial score (nSPS) is 13.9. The lowest BCUT2D eigenvalue weighted by molar-refractivity contribution is -0.120. The molecule has 6 nitrogen and oxygen atoms in total. The summed E-state index contributed by atoms with van der Waals surface area (Å²) in [6.45, 7) is 2.71. The van der Waals surface area contributed by atoms with Gasteiger partial charge in [-0.05, 0) is 35.9 Å². The number of nitrogens with one attached hydrogen (secondary N) is 2. The van der Waals surface area contributed by atoms with E-state index >= 15 is 0 Å². The highest BCUT2D eigenvalue weighted by molar-refractivity contribution is 6.30. The molecule has 0 aliphatic carbocycles. The molecule has 0 bridgehead atoms. The summed E-state index contributed by atoms with van der Waals surface area (Å²) in [4.78, 5) is 28.0. The van der Waals surface area contributed by atoms with E-state index in [-0.39, 0.29) is 30.8 Å². The van der Waals surface area contributed by atoms with Gasteiger partial charge in [0.25, 0.3) is 0 Å². The van der Waals surface area contributed by atoms with Crippen LogP contribution < -0.4 is 15.5 Å². The average Bonchev–Trinajstić information content (AvgIpc) is 2.71. The van der Waals surface area contributed by atoms with Crippen molar-refractivity contribution in [2.45, 2.75) is 6.54 Å². The summed E-state index contributed by atoms with van der Waals surface area (Å²) in [5, 5.41) is 6.02. The van der Waals surface area contributed by atoms with Crippen LogP contribution in [0, 0.1) is 5.82 Å². The van der Waals surface area contributed by atoms with Crippen molar-refractivity contribution in [1.82, 2.24) is 15.5 Å². The Morgan fingerprint density at radius 2 is 1.71 bits per heavy atom. The first-order chi connectivity index (χ1) is 13.5. The van der Waals surface area contributed by atoms with Crippen molar-refractivity contribution in [3.8, 4) is 0 Å². The Labute approximate surface area is 168 Å². The smallest absolute Gasteiger partial charge is 0.317 e. The molecule has 2 aromatic rings. The van der Waals surface area contributed by atoms with Crippen LogP contribution in [-0.4, -0.2) is 49.6 Å². The van der Waals surface area contributed by atoms with Crippen LogP contribution >= 0.6 is 11.6 Å². The number of carbonyl (C=O) groups is 2. The molecule has 0 spiro atoms. The molecule has 0 unspecified atom stereocenters. The Bertz CT molecular complexity index is 823. The van der Waals surface area contributed by atoms with E-state index in [4.69, 9.17) is 11.6 Å². The summed E-state index contributed by atoms with van der Waals surface area (Å²) in [6, 6.07) is 13.3. The zero-order valence-electron chi connectivity index (χ0n) is 15.3. The summed E-state index contributed by atoms with van der Waals surface area (Å²) in [6.07, 6.45) is 0. The van der Waals surface area contributed by atoms with Crippen LogP contribution in [0.3, 0.4) is 0 Å². The second kappa shape index (κ2) is 9.41. The second-order valence-corrected chi connectivity index (χ2v) is 6.95. The third-order valence-corrected chi connectivity index (χ3v) is 4.78. The molecule has 28 heavy (non-hydrogen) atoms. The van der Waals surface area contributed by atoms with Crippen molar-refractivity contribution in [2.75, 3.05) is 37.6 Å². The number of halogens is 2. The summed E-state index contributed by atoms with van der Waals surface area (Å²) in [5.74, 6) is -0.618. The molecule has 3 amide bonds. The van der Waals surface area contributed by atoms with Crippen LogP contribution in [0.2, 0.25) is 5.02 Å². The van der Waals surface area contributed by atoms with Gasteiger partial charge in [-0.2, -0.15) is 0 Å². The van der Waals surface area contributed by atoms with Gasteiger partial charge in [-0.3, -0.25) is 4.79 Å². The second-order valence-electron chi connectivity index (χ2n) is 6.52. The Morgan fingerprint density at radius 1 is 1.00 bits per heavy atom. The van der Waals surface area contributed by atoms with Gasteiger partial charge < -0.3 is 20.4 Å². The number of anilines is 1. The van der Waals surface area contributed by atoms with Crippen LogP contribution in [0.1, 0.15) is 5.56 Å². The van der Waals surface area contributed by atoms with Crippen molar-refractivity contribution in [3.63, 3.8) is 0 Å². The number of hydrogen-bond acceptors (Lipinski definition) is 3. The molecule has 1 saturated heterocycles. The fourth-order valence-electron chi connectivity index (χ4n) is 2.97. The molecule has 1 aliphatic rings. The Hall–Kier alpha value is -2.80. The summed E-state index contributed by atoms with van der Waals surface area (Å²) < 4.78 is 12.9. The van der Waals surface area contributed by atoms with Crippen LogP contribution in [0.15, 0.2) is 48.5 Å². The van der Waals surface area contributed by atoms with Crippen molar-refractivity contribution in [3.05, 3.63) is 64.9 Å². The predicted octanol–water partition coefficient (Wildman–Crippen LogP) is 2.63. The lowest BCUT2D eigenvalue weighted by Gasteiger charge is -2.36. The first-order valence-corrected chi connectivity index (χ1v) is 9.43. The van der Waals surface area contributed by atoms with Crippen molar-refractivity contribution < 1.29 is 14.0 Å². The topological polar surface area (TPSA) is 64.7 Å². The lowest BCUT2D eigenvalue weighted by atomic mass is 10.2. The Balaban J connectivity index is 1.38. The van der Waals surface area contributed by atoms with Crippen LogP contribution in [-0.2, 0) is 11.3 Å².